The fourth-order valence-corrected chi connectivity index (χ4v) is 3.98. The predicted octanol–water partition coefficient (Wildman–Crippen LogP) is -7.22. The highest BCUT2D eigenvalue weighted by Gasteiger charge is 2.55. The molecule has 3 aliphatic rings. The van der Waals surface area contributed by atoms with Crippen LogP contribution in [0.2, 0.25) is 0 Å². The average Bonchev–Trinajstić information content (AvgIpc) is 2.81. The van der Waals surface area contributed by atoms with Crippen LogP contribution in [0, 0.1) is 0 Å². The second kappa shape index (κ2) is 11.2. The van der Waals surface area contributed by atoms with Gasteiger partial charge in [-0.15, -0.1) is 0 Å². The summed E-state index contributed by atoms with van der Waals surface area (Å²) >= 11 is 0. The van der Waals surface area contributed by atoms with Crippen LogP contribution in [0.25, 0.3) is 0 Å². The molecular weight excluding hydrogens is 472 g/mol. The fraction of sp³-hybridized carbons (Fsp3) is 1.00. The molecule has 0 aromatic heterocycles. The van der Waals surface area contributed by atoms with Crippen LogP contribution < -0.4 is 0 Å². The second-order valence-electron chi connectivity index (χ2n) is 8.41. The Hall–Kier alpha value is -0.640. The topological polar surface area (TPSA) is 269 Å². The van der Waals surface area contributed by atoms with Crippen molar-refractivity contribution in [1.29, 1.82) is 0 Å². The van der Waals surface area contributed by atoms with Gasteiger partial charge in [-0.3, -0.25) is 4.74 Å². The minimum atomic E-state index is -2.89. The Kier molecular flexibility index (Phi) is 9.18. The molecule has 3 fully saturated rings. The number of hydrogen-bond donors (Lipinski definition) is 11. The van der Waals surface area contributed by atoms with Crippen molar-refractivity contribution in [1.82, 2.24) is 0 Å². The molecule has 6 unspecified atom stereocenters. The Morgan fingerprint density at radius 3 is 1.82 bits per heavy atom. The van der Waals surface area contributed by atoms with E-state index in [4.69, 9.17) is 23.7 Å². The van der Waals surface area contributed by atoms with Crippen LogP contribution in [-0.2, 0) is 23.7 Å². The molecule has 0 aromatic carbocycles. The summed E-state index contributed by atoms with van der Waals surface area (Å²) in [5.74, 6) is -2.89. The van der Waals surface area contributed by atoms with Gasteiger partial charge in [0.1, 0.15) is 61.0 Å². The molecule has 3 saturated heterocycles. The van der Waals surface area contributed by atoms with Gasteiger partial charge in [0.2, 0.25) is 0 Å². The molecule has 3 heterocycles. The third kappa shape index (κ3) is 5.37. The van der Waals surface area contributed by atoms with E-state index in [9.17, 15) is 56.2 Å². The lowest BCUT2D eigenvalue weighted by atomic mass is 9.96. The maximum atomic E-state index is 10.7. The van der Waals surface area contributed by atoms with Crippen molar-refractivity contribution < 1.29 is 79.9 Å². The highest BCUT2D eigenvalue weighted by Crippen LogP contribution is 2.35. The molecule has 16 nitrogen and oxygen atoms in total. The number of hydrogen-bond acceptors (Lipinski definition) is 16. The monoisotopic (exact) mass is 504 g/mol. The molecule has 0 saturated carbocycles. The smallest absolute Gasteiger partial charge is 0.310 e. The molecular formula is C18H32O16. The van der Waals surface area contributed by atoms with E-state index in [-0.39, 0.29) is 0 Å². The summed E-state index contributed by atoms with van der Waals surface area (Å²) < 4.78 is 26.0. The lowest BCUT2D eigenvalue weighted by Gasteiger charge is -2.48. The van der Waals surface area contributed by atoms with E-state index < -0.39 is 112 Å². The van der Waals surface area contributed by atoms with E-state index in [0.717, 1.165) is 0 Å². The van der Waals surface area contributed by atoms with E-state index in [1.165, 1.54) is 0 Å². The number of aliphatic hydroxyl groups excluding tert-OH is 10. The Bertz CT molecular complexity index is 653. The lowest BCUT2D eigenvalue weighted by molar-refractivity contribution is -0.481. The van der Waals surface area contributed by atoms with Crippen LogP contribution >= 0.6 is 0 Å². The largest absolute Gasteiger partial charge is 0.394 e. The summed E-state index contributed by atoms with van der Waals surface area (Å²) in [6.45, 7) is -2.37. The predicted molar refractivity (Wildman–Crippen MR) is 101 cm³/mol. The van der Waals surface area contributed by atoms with Crippen molar-refractivity contribution >= 4 is 0 Å². The minimum Gasteiger partial charge on any atom is -0.394 e. The number of ether oxygens (including phenoxy) is 5. The maximum Gasteiger partial charge on any atom is 0.310 e. The highest BCUT2D eigenvalue weighted by molar-refractivity contribution is 4.95. The van der Waals surface area contributed by atoms with E-state index >= 15 is 0 Å². The van der Waals surface area contributed by atoms with Crippen LogP contribution in [0.15, 0.2) is 0 Å². The van der Waals surface area contributed by atoms with Gasteiger partial charge in [0, 0.05) is 6.42 Å². The molecule has 14 atom stereocenters. The summed E-state index contributed by atoms with van der Waals surface area (Å²) in [6.07, 6.45) is -22.6. The number of rotatable bonds is 7. The minimum absolute atomic E-state index is 0.485. The molecule has 0 bridgehead atoms. The van der Waals surface area contributed by atoms with Crippen LogP contribution in [0.1, 0.15) is 6.42 Å². The number of aliphatic hydroxyl groups is 11. The summed E-state index contributed by atoms with van der Waals surface area (Å²) in [4.78, 5) is 0. The molecule has 3 rings (SSSR count). The molecule has 0 aliphatic carbocycles. The Balaban J connectivity index is 1.78. The van der Waals surface area contributed by atoms with Gasteiger partial charge >= 0.3 is 5.97 Å². The van der Waals surface area contributed by atoms with Crippen molar-refractivity contribution in [3.8, 4) is 0 Å². The Labute approximate surface area is 192 Å². The van der Waals surface area contributed by atoms with Crippen LogP contribution in [0.3, 0.4) is 0 Å². The first kappa shape index (κ1) is 27.9. The SMILES string of the molecule is OCC1OC(O)(OC2O[C@H](CO)[C@@H](O)[C@H](OC3O[C@H](CO)[C@@H](O)[C@H](O)[C@H]3O)[C@H]2O)C(O)CC1O. The summed E-state index contributed by atoms with van der Waals surface area (Å²) in [7, 11) is 0. The zero-order valence-electron chi connectivity index (χ0n) is 17.8. The molecule has 200 valence electrons. The molecule has 0 spiro atoms. The van der Waals surface area contributed by atoms with Crippen LogP contribution in [-0.4, -0.2) is 162 Å². The summed E-state index contributed by atoms with van der Waals surface area (Å²) in [6, 6.07) is 0. The molecule has 11 N–H and O–H groups in total. The summed E-state index contributed by atoms with van der Waals surface area (Å²) in [5.41, 5.74) is 0. The van der Waals surface area contributed by atoms with Gasteiger partial charge in [0.05, 0.1) is 25.9 Å². The molecule has 0 amide bonds. The van der Waals surface area contributed by atoms with E-state index in [0.29, 0.717) is 0 Å². The molecule has 0 radical (unpaired) electrons. The zero-order chi connectivity index (χ0) is 25.4. The van der Waals surface area contributed by atoms with Crippen molar-refractivity contribution in [2.24, 2.45) is 0 Å². The lowest BCUT2D eigenvalue weighted by Crippen LogP contribution is -2.67. The first-order chi connectivity index (χ1) is 16.0. The standard InChI is InChI=1S/C18H32O16/c19-2-6-5(22)1-9(23)18(29,33-6)34-17-14(28)15(11(25)8(4-21)31-17)32-16-13(27)12(26)10(24)7(3-20)30-16/h5-17,19-29H,1-4H2/t5?,6?,7-,8-,9?,10-,11-,12+,13-,14-,15+,16?,17?,18?/m1/s1. The quantitative estimate of drug-likeness (QED) is 0.144. The van der Waals surface area contributed by atoms with Crippen molar-refractivity contribution in [3.05, 3.63) is 0 Å². The molecule has 3 aliphatic heterocycles. The van der Waals surface area contributed by atoms with Crippen molar-refractivity contribution in [3.63, 3.8) is 0 Å². The maximum absolute atomic E-state index is 10.7. The summed E-state index contributed by atoms with van der Waals surface area (Å²) in [5, 5.41) is 110. The van der Waals surface area contributed by atoms with Gasteiger partial charge in [0.15, 0.2) is 12.6 Å². The molecule has 0 aromatic rings. The van der Waals surface area contributed by atoms with Crippen LogP contribution in [0.4, 0.5) is 0 Å². The Morgan fingerprint density at radius 2 is 1.24 bits per heavy atom. The first-order valence-corrected chi connectivity index (χ1v) is 10.6. The fourth-order valence-electron chi connectivity index (χ4n) is 3.98. The molecule has 16 heteroatoms. The van der Waals surface area contributed by atoms with E-state index in [1.54, 1.807) is 0 Å². The molecule has 34 heavy (non-hydrogen) atoms. The van der Waals surface area contributed by atoms with Crippen molar-refractivity contribution in [2.45, 2.75) is 92.1 Å². The van der Waals surface area contributed by atoms with Gasteiger partial charge in [-0.05, 0) is 0 Å². The van der Waals surface area contributed by atoms with Gasteiger partial charge < -0.3 is 75.1 Å². The van der Waals surface area contributed by atoms with Gasteiger partial charge in [-0.1, -0.05) is 0 Å². The zero-order valence-corrected chi connectivity index (χ0v) is 17.8. The first-order valence-electron chi connectivity index (χ1n) is 10.6. The Morgan fingerprint density at radius 1 is 0.676 bits per heavy atom. The van der Waals surface area contributed by atoms with E-state index in [1.807, 2.05) is 0 Å². The van der Waals surface area contributed by atoms with E-state index in [2.05, 4.69) is 0 Å². The normalized spacial score (nSPS) is 52.5. The van der Waals surface area contributed by atoms with Crippen LogP contribution in [0.5, 0.6) is 0 Å². The van der Waals surface area contributed by atoms with Gasteiger partial charge in [-0.25, -0.2) is 0 Å². The average molecular weight is 504 g/mol. The van der Waals surface area contributed by atoms with Gasteiger partial charge in [-0.2, -0.15) is 0 Å². The van der Waals surface area contributed by atoms with Gasteiger partial charge in [0.25, 0.3) is 0 Å². The second-order valence-corrected chi connectivity index (χ2v) is 8.41. The van der Waals surface area contributed by atoms with Crippen molar-refractivity contribution in [2.75, 3.05) is 19.8 Å². The third-order valence-electron chi connectivity index (χ3n) is 6.06. The highest BCUT2D eigenvalue weighted by atomic mass is 16.9. The third-order valence-corrected chi connectivity index (χ3v) is 6.06.